The zero-order valence-electron chi connectivity index (χ0n) is 10.7. The largest absolute Gasteiger partial charge is 0.476 e. The monoisotopic (exact) mass is 313 g/mol. The minimum absolute atomic E-state index is 0.196. The highest BCUT2D eigenvalue weighted by atomic mass is 32.2. The lowest BCUT2D eigenvalue weighted by molar-refractivity contribution is 0.0686. The van der Waals surface area contributed by atoms with Crippen molar-refractivity contribution >= 4 is 27.6 Å². The van der Waals surface area contributed by atoms with Crippen molar-refractivity contribution in [3.8, 4) is 11.3 Å². The molecule has 0 amide bonds. The van der Waals surface area contributed by atoms with E-state index in [0.29, 0.717) is 10.5 Å². The Bertz CT molecular complexity index is 764. The van der Waals surface area contributed by atoms with Crippen molar-refractivity contribution in [2.75, 3.05) is 12.5 Å². The van der Waals surface area contributed by atoms with Gasteiger partial charge in [0.2, 0.25) is 0 Å². The number of rotatable bonds is 4. The average Bonchev–Trinajstić information content (AvgIpc) is 2.86. The molecule has 0 atom stereocenters. The van der Waals surface area contributed by atoms with Crippen molar-refractivity contribution in [1.82, 2.24) is 5.16 Å². The molecule has 0 aliphatic rings. The van der Waals surface area contributed by atoms with Gasteiger partial charge in [0.05, 0.1) is 4.90 Å². The lowest BCUT2D eigenvalue weighted by Crippen LogP contribution is -1.99. The number of hydrogen-bond acceptors (Lipinski definition) is 6. The van der Waals surface area contributed by atoms with Crippen molar-refractivity contribution in [2.24, 2.45) is 0 Å². The predicted octanol–water partition coefficient (Wildman–Crippen LogP) is 2.17. The molecule has 1 aromatic carbocycles. The van der Waals surface area contributed by atoms with Crippen LogP contribution in [0.2, 0.25) is 0 Å². The summed E-state index contributed by atoms with van der Waals surface area (Å²) in [6.45, 7) is 0. The van der Waals surface area contributed by atoms with Crippen LogP contribution in [0.4, 0.5) is 0 Å². The fourth-order valence-corrected chi connectivity index (χ4v) is 3.60. The molecule has 0 aliphatic heterocycles. The fraction of sp³-hybridized carbons (Fsp3) is 0.167. The topological polar surface area (TPSA) is 97.5 Å². The molecule has 0 spiro atoms. The number of aromatic nitrogens is 1. The second-order valence-corrected chi connectivity index (χ2v) is 6.85. The summed E-state index contributed by atoms with van der Waals surface area (Å²) in [6, 6.07) is 5.96. The summed E-state index contributed by atoms with van der Waals surface area (Å²) in [5, 5.41) is 12.2. The molecule has 0 fully saturated rings. The van der Waals surface area contributed by atoms with Gasteiger partial charge in [-0.1, -0.05) is 5.16 Å². The van der Waals surface area contributed by atoms with Gasteiger partial charge in [-0.05, 0) is 24.5 Å². The van der Waals surface area contributed by atoms with E-state index in [2.05, 4.69) is 5.16 Å². The number of aromatic carboxylic acids is 1. The van der Waals surface area contributed by atoms with E-state index in [9.17, 15) is 13.2 Å². The van der Waals surface area contributed by atoms with Gasteiger partial charge in [-0.25, -0.2) is 13.2 Å². The first kappa shape index (κ1) is 14.6. The van der Waals surface area contributed by atoms with Gasteiger partial charge in [0.25, 0.3) is 0 Å². The summed E-state index contributed by atoms with van der Waals surface area (Å²) >= 11 is 1.29. The van der Waals surface area contributed by atoms with Crippen molar-refractivity contribution < 1.29 is 22.8 Å². The molecule has 1 heterocycles. The molecule has 0 bridgehead atoms. The van der Waals surface area contributed by atoms with E-state index >= 15 is 0 Å². The van der Waals surface area contributed by atoms with Crippen molar-refractivity contribution in [2.45, 2.75) is 9.79 Å². The summed E-state index contributed by atoms with van der Waals surface area (Å²) in [6.07, 6.45) is 2.90. The van der Waals surface area contributed by atoms with E-state index in [1.165, 1.54) is 23.9 Å². The lowest BCUT2D eigenvalue weighted by atomic mass is 10.1. The van der Waals surface area contributed by atoms with E-state index in [1.807, 2.05) is 0 Å². The van der Waals surface area contributed by atoms with E-state index in [1.54, 1.807) is 18.4 Å². The lowest BCUT2D eigenvalue weighted by Gasteiger charge is -2.06. The highest BCUT2D eigenvalue weighted by Gasteiger charge is 2.17. The summed E-state index contributed by atoms with van der Waals surface area (Å²) in [5.41, 5.74) is 0.375. The predicted molar refractivity (Wildman–Crippen MR) is 73.8 cm³/mol. The highest BCUT2D eigenvalue weighted by molar-refractivity contribution is 7.99. The Balaban J connectivity index is 2.51. The number of nitrogens with zero attached hydrogens (tertiary/aromatic N) is 1. The normalized spacial score (nSPS) is 11.5. The maximum atomic E-state index is 11.6. The summed E-state index contributed by atoms with van der Waals surface area (Å²) in [7, 11) is -3.31. The van der Waals surface area contributed by atoms with E-state index in [4.69, 9.17) is 9.63 Å². The molecule has 1 N–H and O–H groups in total. The first-order chi connectivity index (χ1) is 9.32. The van der Waals surface area contributed by atoms with Crippen molar-refractivity contribution in [1.29, 1.82) is 0 Å². The van der Waals surface area contributed by atoms with Gasteiger partial charge in [-0.2, -0.15) is 0 Å². The standard InChI is InChI=1S/C12H11NO5S2/c1-19-10-5-7(3-4-11(10)20(2,16)17)9-6-8(12(14)15)13-18-9/h3-6H,1-2H3,(H,14,15). The number of carboxylic acids is 1. The third-order valence-electron chi connectivity index (χ3n) is 2.58. The molecule has 2 rings (SSSR count). The molecule has 0 radical (unpaired) electrons. The molecular weight excluding hydrogens is 302 g/mol. The second-order valence-electron chi connectivity index (χ2n) is 4.02. The maximum absolute atomic E-state index is 11.6. The van der Waals surface area contributed by atoms with Gasteiger partial charge in [0, 0.05) is 22.8 Å². The molecule has 1 aromatic heterocycles. The fourth-order valence-electron chi connectivity index (χ4n) is 1.64. The van der Waals surface area contributed by atoms with Crippen LogP contribution in [-0.4, -0.2) is 37.2 Å². The van der Waals surface area contributed by atoms with Crippen LogP contribution in [-0.2, 0) is 9.84 Å². The SMILES string of the molecule is CSc1cc(-c2cc(C(=O)O)no2)ccc1S(C)(=O)=O. The molecule has 6 nitrogen and oxygen atoms in total. The van der Waals surface area contributed by atoms with Crippen LogP contribution >= 0.6 is 11.8 Å². The molecule has 8 heteroatoms. The number of hydrogen-bond donors (Lipinski definition) is 1. The molecule has 0 aliphatic carbocycles. The Morgan fingerprint density at radius 2 is 2.05 bits per heavy atom. The van der Waals surface area contributed by atoms with Crippen LogP contribution < -0.4 is 0 Å². The Kier molecular flexibility index (Phi) is 3.87. The Morgan fingerprint density at radius 3 is 2.55 bits per heavy atom. The number of carboxylic acid groups (broad SMARTS) is 1. The van der Waals surface area contributed by atoms with Crippen LogP contribution in [0.1, 0.15) is 10.5 Å². The van der Waals surface area contributed by atoms with Gasteiger partial charge >= 0.3 is 5.97 Å². The minimum Gasteiger partial charge on any atom is -0.476 e. The molecule has 0 unspecified atom stereocenters. The van der Waals surface area contributed by atoms with Crippen LogP contribution in [0.15, 0.2) is 38.6 Å². The number of thioether (sulfide) groups is 1. The number of sulfone groups is 1. The highest BCUT2D eigenvalue weighted by Crippen LogP contribution is 2.30. The first-order valence-corrected chi connectivity index (χ1v) is 8.53. The molecule has 20 heavy (non-hydrogen) atoms. The quantitative estimate of drug-likeness (QED) is 0.864. The molecule has 0 saturated carbocycles. The average molecular weight is 313 g/mol. The summed E-state index contributed by atoms with van der Waals surface area (Å²) in [5.74, 6) is -0.907. The Hall–Kier alpha value is -1.80. The van der Waals surface area contributed by atoms with Gasteiger partial charge < -0.3 is 9.63 Å². The van der Waals surface area contributed by atoms with Gasteiger partial charge in [0.15, 0.2) is 21.3 Å². The van der Waals surface area contributed by atoms with Crippen LogP contribution in [0.3, 0.4) is 0 Å². The van der Waals surface area contributed by atoms with E-state index < -0.39 is 15.8 Å². The van der Waals surface area contributed by atoms with Crippen LogP contribution in [0.25, 0.3) is 11.3 Å². The smallest absolute Gasteiger partial charge is 0.358 e. The number of carbonyl (C=O) groups is 1. The van der Waals surface area contributed by atoms with Crippen molar-refractivity contribution in [3.63, 3.8) is 0 Å². The third kappa shape index (κ3) is 2.86. The third-order valence-corrected chi connectivity index (χ3v) is 4.64. The number of benzene rings is 1. The Morgan fingerprint density at radius 1 is 1.35 bits per heavy atom. The van der Waals surface area contributed by atoms with Crippen LogP contribution in [0, 0.1) is 0 Å². The zero-order valence-corrected chi connectivity index (χ0v) is 12.3. The molecular formula is C12H11NO5S2. The molecule has 2 aromatic rings. The van der Waals surface area contributed by atoms with E-state index in [-0.39, 0.29) is 16.3 Å². The summed E-state index contributed by atoms with van der Waals surface area (Å²) < 4.78 is 28.2. The van der Waals surface area contributed by atoms with Gasteiger partial charge in [0.1, 0.15) is 0 Å². The van der Waals surface area contributed by atoms with Crippen molar-refractivity contribution in [3.05, 3.63) is 30.0 Å². The molecule has 106 valence electrons. The molecule has 0 saturated heterocycles. The summed E-state index contributed by atoms with van der Waals surface area (Å²) in [4.78, 5) is 11.5. The second kappa shape index (κ2) is 5.29. The van der Waals surface area contributed by atoms with Gasteiger partial charge in [-0.15, -0.1) is 11.8 Å². The maximum Gasteiger partial charge on any atom is 0.358 e. The van der Waals surface area contributed by atoms with Crippen LogP contribution in [0.5, 0.6) is 0 Å². The minimum atomic E-state index is -3.31. The first-order valence-electron chi connectivity index (χ1n) is 5.41. The van der Waals surface area contributed by atoms with E-state index in [0.717, 1.165) is 6.26 Å². The zero-order chi connectivity index (χ0) is 14.9. The Labute approximate surface area is 119 Å². The van der Waals surface area contributed by atoms with Gasteiger partial charge in [-0.3, -0.25) is 0 Å².